The highest BCUT2D eigenvalue weighted by Crippen LogP contribution is 2.38. The third-order valence-corrected chi connectivity index (χ3v) is 7.30. The van der Waals surface area contributed by atoms with E-state index in [9.17, 15) is 4.79 Å². The molecule has 0 spiro atoms. The first kappa shape index (κ1) is 27.3. The molecule has 8 nitrogen and oxygen atoms in total. The van der Waals surface area contributed by atoms with Gasteiger partial charge in [-0.3, -0.25) is 4.79 Å². The second-order valence-corrected chi connectivity index (χ2v) is 10.2. The van der Waals surface area contributed by atoms with Gasteiger partial charge in [-0.05, 0) is 55.7 Å². The van der Waals surface area contributed by atoms with Crippen LogP contribution >= 0.6 is 11.8 Å². The molecule has 206 valence electrons. The van der Waals surface area contributed by atoms with Gasteiger partial charge in [0.2, 0.25) is 11.1 Å². The van der Waals surface area contributed by atoms with Crippen molar-refractivity contribution in [3.63, 3.8) is 0 Å². The fraction of sp³-hybridized carbons (Fsp3) is 0.258. The maximum absolute atomic E-state index is 13.9. The molecule has 3 aromatic carbocycles. The molecule has 2 N–H and O–H groups in total. The molecular formula is C31H33N5O3S. The number of aromatic nitrogens is 3. The number of para-hydroxylation sites is 2. The van der Waals surface area contributed by atoms with Gasteiger partial charge in [-0.1, -0.05) is 73.3 Å². The summed E-state index contributed by atoms with van der Waals surface area (Å²) in [4.78, 5) is 18.7. The zero-order valence-electron chi connectivity index (χ0n) is 22.9. The van der Waals surface area contributed by atoms with Crippen LogP contribution in [0.3, 0.4) is 0 Å². The van der Waals surface area contributed by atoms with Gasteiger partial charge in [0.25, 0.3) is 5.91 Å². The van der Waals surface area contributed by atoms with Crippen molar-refractivity contribution >= 4 is 29.3 Å². The van der Waals surface area contributed by atoms with Gasteiger partial charge in [0.05, 0.1) is 24.5 Å². The molecule has 0 saturated carbocycles. The molecule has 2 heterocycles. The van der Waals surface area contributed by atoms with E-state index in [1.54, 1.807) is 16.4 Å². The van der Waals surface area contributed by atoms with Crippen molar-refractivity contribution < 1.29 is 14.3 Å². The Bertz CT molecular complexity index is 1480. The fourth-order valence-corrected chi connectivity index (χ4v) is 5.31. The first-order valence-corrected chi connectivity index (χ1v) is 14.4. The van der Waals surface area contributed by atoms with Gasteiger partial charge in [0.15, 0.2) is 0 Å². The van der Waals surface area contributed by atoms with Crippen LogP contribution in [0.2, 0.25) is 0 Å². The number of hydrogen-bond donors (Lipinski definition) is 2. The van der Waals surface area contributed by atoms with Gasteiger partial charge in [0, 0.05) is 11.4 Å². The normalized spacial score (nSPS) is 14.3. The standard InChI is InChI=1S/C31H33N5O3S/c1-4-19-39-24-17-15-23(16-18-24)28-27(29(37)33-25-13-9-10-14-26(25)38-5-2)21(3)32-30-34-31(35-36(28)30)40-20-22-11-7-6-8-12-22/h6-18,28H,4-5,19-20H2,1-3H3,(H,33,37)(H,32,34,35). The summed E-state index contributed by atoms with van der Waals surface area (Å²) in [6, 6.07) is 25.0. The lowest BCUT2D eigenvalue weighted by atomic mass is 9.95. The maximum atomic E-state index is 13.9. The smallest absolute Gasteiger partial charge is 0.255 e. The minimum atomic E-state index is -0.491. The minimum absolute atomic E-state index is 0.242. The third kappa shape index (κ3) is 6.15. The van der Waals surface area contributed by atoms with E-state index in [-0.39, 0.29) is 5.91 Å². The summed E-state index contributed by atoms with van der Waals surface area (Å²) in [5, 5.41) is 11.9. The van der Waals surface area contributed by atoms with E-state index in [2.05, 4.69) is 29.7 Å². The predicted octanol–water partition coefficient (Wildman–Crippen LogP) is 6.69. The van der Waals surface area contributed by atoms with Crippen LogP contribution in [0.4, 0.5) is 11.6 Å². The van der Waals surface area contributed by atoms with Gasteiger partial charge >= 0.3 is 0 Å². The zero-order valence-corrected chi connectivity index (χ0v) is 23.7. The summed E-state index contributed by atoms with van der Waals surface area (Å²) >= 11 is 1.56. The van der Waals surface area contributed by atoms with Crippen molar-refractivity contribution in [3.05, 3.63) is 101 Å². The molecule has 9 heteroatoms. The summed E-state index contributed by atoms with van der Waals surface area (Å²) < 4.78 is 13.3. The molecule has 4 aromatic rings. The van der Waals surface area contributed by atoms with Crippen LogP contribution in [0.5, 0.6) is 11.5 Å². The Labute approximate surface area is 238 Å². The number of hydrogen-bond acceptors (Lipinski definition) is 7. The number of nitrogens with one attached hydrogen (secondary N) is 2. The lowest BCUT2D eigenvalue weighted by molar-refractivity contribution is -0.113. The van der Waals surface area contributed by atoms with Crippen LogP contribution in [0.25, 0.3) is 0 Å². The van der Waals surface area contributed by atoms with Crippen molar-refractivity contribution in [1.29, 1.82) is 0 Å². The number of thioether (sulfide) groups is 1. The highest BCUT2D eigenvalue weighted by Gasteiger charge is 2.34. The fourth-order valence-electron chi connectivity index (χ4n) is 4.52. The second-order valence-electron chi connectivity index (χ2n) is 9.30. The van der Waals surface area contributed by atoms with Crippen LogP contribution in [0, 0.1) is 0 Å². The Morgan fingerprint density at radius 2 is 1.75 bits per heavy atom. The van der Waals surface area contributed by atoms with Crippen LogP contribution in [0.15, 0.2) is 95.3 Å². The number of anilines is 2. The number of amides is 1. The Kier molecular flexibility index (Phi) is 8.71. The van der Waals surface area contributed by atoms with Crippen LogP contribution in [-0.4, -0.2) is 33.9 Å². The summed E-state index contributed by atoms with van der Waals surface area (Å²) in [6.07, 6.45) is 0.928. The summed E-state index contributed by atoms with van der Waals surface area (Å²) in [5.41, 5.74) is 3.96. The van der Waals surface area contributed by atoms with E-state index >= 15 is 0 Å². The van der Waals surface area contributed by atoms with Gasteiger partial charge in [-0.15, -0.1) is 5.10 Å². The molecule has 0 aliphatic carbocycles. The highest BCUT2D eigenvalue weighted by molar-refractivity contribution is 7.98. The Morgan fingerprint density at radius 3 is 2.50 bits per heavy atom. The molecule has 1 aliphatic rings. The topological polar surface area (TPSA) is 90.3 Å². The lowest BCUT2D eigenvalue weighted by Crippen LogP contribution is -2.31. The number of carbonyl (C=O) groups is 1. The highest BCUT2D eigenvalue weighted by atomic mass is 32.2. The van der Waals surface area contributed by atoms with Gasteiger partial charge < -0.3 is 20.1 Å². The molecule has 1 aliphatic heterocycles. The lowest BCUT2D eigenvalue weighted by Gasteiger charge is -2.29. The van der Waals surface area contributed by atoms with E-state index < -0.39 is 6.04 Å². The molecule has 0 fully saturated rings. The Morgan fingerprint density at radius 1 is 1.00 bits per heavy atom. The first-order chi connectivity index (χ1) is 19.6. The van der Waals surface area contributed by atoms with E-state index in [0.29, 0.717) is 47.0 Å². The Balaban J connectivity index is 1.48. The Hall–Kier alpha value is -4.24. The summed E-state index contributed by atoms with van der Waals surface area (Å²) in [7, 11) is 0. The van der Waals surface area contributed by atoms with Crippen molar-refractivity contribution in [2.75, 3.05) is 23.8 Å². The first-order valence-electron chi connectivity index (χ1n) is 13.4. The number of rotatable bonds is 11. The number of benzene rings is 3. The number of allylic oxidation sites excluding steroid dienone is 1. The van der Waals surface area contributed by atoms with Crippen molar-refractivity contribution in [1.82, 2.24) is 14.8 Å². The van der Waals surface area contributed by atoms with E-state index in [4.69, 9.17) is 19.6 Å². The monoisotopic (exact) mass is 555 g/mol. The molecule has 1 unspecified atom stereocenters. The van der Waals surface area contributed by atoms with Crippen molar-refractivity contribution in [2.24, 2.45) is 0 Å². The maximum Gasteiger partial charge on any atom is 0.255 e. The van der Waals surface area contributed by atoms with Gasteiger partial charge in [-0.25, -0.2) is 4.68 Å². The molecule has 0 radical (unpaired) electrons. The summed E-state index contributed by atoms with van der Waals surface area (Å²) in [5.74, 6) is 2.50. The molecule has 1 atom stereocenters. The molecule has 1 aromatic heterocycles. The van der Waals surface area contributed by atoms with Gasteiger partial charge in [-0.2, -0.15) is 4.98 Å². The largest absolute Gasteiger partial charge is 0.494 e. The molecule has 1 amide bonds. The minimum Gasteiger partial charge on any atom is -0.494 e. The van der Waals surface area contributed by atoms with Crippen molar-refractivity contribution in [2.45, 2.75) is 44.1 Å². The van der Waals surface area contributed by atoms with Gasteiger partial charge in [0.1, 0.15) is 17.5 Å². The van der Waals surface area contributed by atoms with E-state index in [1.165, 1.54) is 5.56 Å². The number of nitrogens with zero attached hydrogens (tertiary/aromatic N) is 3. The predicted molar refractivity (Wildman–Crippen MR) is 159 cm³/mol. The molecular weight excluding hydrogens is 522 g/mol. The molecule has 5 rings (SSSR count). The second kappa shape index (κ2) is 12.7. The average molecular weight is 556 g/mol. The number of ether oxygens (including phenoxy) is 2. The van der Waals surface area contributed by atoms with Crippen LogP contribution in [0.1, 0.15) is 44.4 Å². The molecule has 0 saturated heterocycles. The summed E-state index contributed by atoms with van der Waals surface area (Å²) in [6.45, 7) is 7.03. The zero-order chi connectivity index (χ0) is 27.9. The third-order valence-electron chi connectivity index (χ3n) is 6.39. The van der Waals surface area contributed by atoms with E-state index in [1.807, 2.05) is 80.6 Å². The van der Waals surface area contributed by atoms with Crippen LogP contribution in [-0.2, 0) is 10.5 Å². The van der Waals surface area contributed by atoms with E-state index in [0.717, 1.165) is 23.5 Å². The number of fused-ring (bicyclic) bond motifs is 1. The molecule has 0 bridgehead atoms. The SMILES string of the molecule is CCCOc1ccc(C2C(C(=O)Nc3ccccc3OCC)=C(C)Nc3nc(SCc4ccccc4)nn32)cc1. The average Bonchev–Trinajstić information content (AvgIpc) is 3.38. The number of carbonyl (C=O) groups excluding carboxylic acids is 1. The quantitative estimate of drug-likeness (QED) is 0.199. The van der Waals surface area contributed by atoms with Crippen molar-refractivity contribution in [3.8, 4) is 11.5 Å². The van der Waals surface area contributed by atoms with Crippen LogP contribution < -0.4 is 20.1 Å². The molecule has 40 heavy (non-hydrogen) atoms.